The molecule has 0 bridgehead atoms. The maximum Gasteiger partial charge on any atom is 0.339 e. The number of carboxylic acids is 1. The number of nitriles is 1. The summed E-state index contributed by atoms with van der Waals surface area (Å²) in [5.74, 6) is -1.61. The van der Waals surface area contributed by atoms with Gasteiger partial charge in [-0.25, -0.2) is 4.79 Å². The summed E-state index contributed by atoms with van der Waals surface area (Å²) in [6.07, 6.45) is 5.16. The van der Waals surface area contributed by atoms with Crippen LogP contribution in [0.25, 0.3) is 11.3 Å². The van der Waals surface area contributed by atoms with Crippen molar-refractivity contribution in [3.63, 3.8) is 0 Å². The number of carboxylic acid groups (broad SMARTS) is 1. The van der Waals surface area contributed by atoms with Gasteiger partial charge in [0.25, 0.3) is 0 Å². The van der Waals surface area contributed by atoms with Gasteiger partial charge in [0.1, 0.15) is 11.3 Å². The third-order valence-corrected chi connectivity index (χ3v) is 3.47. The highest BCUT2D eigenvalue weighted by molar-refractivity contribution is 5.91. The average Bonchev–Trinajstić information content (AvgIpc) is 2.57. The van der Waals surface area contributed by atoms with E-state index in [4.69, 9.17) is 10.4 Å². The molecular weight excluding hydrogens is 304 g/mol. The number of carbonyl (C=O) groups is 1. The molecule has 2 aromatic rings. The fourth-order valence-corrected chi connectivity index (χ4v) is 2.03. The molecule has 0 spiro atoms. The van der Waals surface area contributed by atoms with Crippen LogP contribution in [0.2, 0.25) is 0 Å². The monoisotopic (exact) mass is 326 g/mol. The second-order valence-electron chi connectivity index (χ2n) is 5.39. The van der Waals surface area contributed by atoms with E-state index in [1.165, 1.54) is 25.3 Å². The predicted molar refractivity (Wildman–Crippen MR) is 92.9 cm³/mol. The first-order valence-electron chi connectivity index (χ1n) is 7.88. The van der Waals surface area contributed by atoms with Crippen molar-refractivity contribution in [1.29, 1.82) is 5.26 Å². The van der Waals surface area contributed by atoms with E-state index < -0.39 is 5.97 Å². The molecule has 0 amide bonds. The van der Waals surface area contributed by atoms with Crippen LogP contribution in [0.15, 0.2) is 30.5 Å². The highest BCUT2D eigenvalue weighted by atomic mass is 16.4. The molecule has 126 valence electrons. The first-order valence-corrected chi connectivity index (χ1v) is 7.88. The molecule has 0 aliphatic rings. The summed E-state index contributed by atoms with van der Waals surface area (Å²) in [5.41, 5.74) is 2.15. The zero-order chi connectivity index (χ0) is 18.1. The van der Waals surface area contributed by atoms with Gasteiger partial charge in [-0.2, -0.15) is 5.26 Å². The molecule has 24 heavy (non-hydrogen) atoms. The van der Waals surface area contributed by atoms with Crippen molar-refractivity contribution >= 4 is 5.97 Å². The van der Waals surface area contributed by atoms with Gasteiger partial charge in [-0.3, -0.25) is 4.98 Å². The van der Waals surface area contributed by atoms with Gasteiger partial charge in [0.15, 0.2) is 0 Å². The Labute approximate surface area is 142 Å². The van der Waals surface area contributed by atoms with Gasteiger partial charge in [0.2, 0.25) is 0 Å². The van der Waals surface area contributed by atoms with Crippen molar-refractivity contribution in [3.05, 3.63) is 47.2 Å². The number of unbranched alkanes of at least 4 members (excludes halogenated alkanes) is 2. The van der Waals surface area contributed by atoms with Crippen molar-refractivity contribution in [2.75, 3.05) is 0 Å². The second-order valence-corrected chi connectivity index (χ2v) is 5.39. The zero-order valence-electron chi connectivity index (χ0n) is 14.2. The molecule has 5 heteroatoms. The Kier molecular flexibility index (Phi) is 7.44. The Morgan fingerprint density at radius 1 is 1.25 bits per heavy atom. The molecule has 0 fully saturated rings. The largest absolute Gasteiger partial charge is 0.505 e. The summed E-state index contributed by atoms with van der Waals surface area (Å²) in [6.45, 7) is 6.24. The van der Waals surface area contributed by atoms with Gasteiger partial charge in [-0.15, -0.1) is 0 Å². The van der Waals surface area contributed by atoms with Crippen molar-refractivity contribution in [3.8, 4) is 23.1 Å². The second kappa shape index (κ2) is 9.31. The number of pyridine rings is 1. The molecule has 0 atom stereocenters. The SMILES string of the molecule is CCCCC.Cc1ccc(-c2cc(C(=O)O)c(O)cn2)cc1C#N. The smallest absolute Gasteiger partial charge is 0.339 e. The summed E-state index contributed by atoms with van der Waals surface area (Å²) in [5, 5.41) is 27.3. The predicted octanol–water partition coefficient (Wildman–Crippen LogP) is 4.53. The standard InChI is InChI=1S/C14H10N2O3.C5H12/c1-8-2-3-9(4-10(8)6-15)12-5-11(14(18)19)13(17)7-16-12;1-3-5-4-2/h2-5,7,17H,1H3,(H,18,19);3-5H2,1-2H3. The molecular formula is C19H22N2O3. The molecule has 0 saturated heterocycles. The normalized spacial score (nSPS) is 9.58. The molecule has 1 aromatic carbocycles. The molecule has 0 radical (unpaired) electrons. The van der Waals surface area contributed by atoms with Gasteiger partial charge in [-0.1, -0.05) is 45.2 Å². The minimum atomic E-state index is -1.23. The maximum atomic E-state index is 10.9. The van der Waals surface area contributed by atoms with E-state index >= 15 is 0 Å². The van der Waals surface area contributed by atoms with Crippen LogP contribution in [0.1, 0.15) is 54.6 Å². The van der Waals surface area contributed by atoms with Crippen molar-refractivity contribution < 1.29 is 15.0 Å². The molecule has 1 heterocycles. The summed E-state index contributed by atoms with van der Waals surface area (Å²) < 4.78 is 0. The highest BCUT2D eigenvalue weighted by Crippen LogP contribution is 2.25. The summed E-state index contributed by atoms with van der Waals surface area (Å²) in [7, 11) is 0. The van der Waals surface area contributed by atoms with Gasteiger partial charge < -0.3 is 10.2 Å². The number of aromatic nitrogens is 1. The number of hydrogen-bond acceptors (Lipinski definition) is 4. The van der Waals surface area contributed by atoms with Crippen molar-refractivity contribution in [2.24, 2.45) is 0 Å². The van der Waals surface area contributed by atoms with Crippen LogP contribution in [0, 0.1) is 18.3 Å². The average molecular weight is 326 g/mol. The Bertz CT molecular complexity index is 747. The number of aryl methyl sites for hydroxylation is 1. The Balaban J connectivity index is 0.000000505. The lowest BCUT2D eigenvalue weighted by molar-refractivity contribution is 0.0693. The van der Waals surface area contributed by atoms with E-state index in [1.54, 1.807) is 18.2 Å². The molecule has 5 nitrogen and oxygen atoms in total. The highest BCUT2D eigenvalue weighted by Gasteiger charge is 2.12. The van der Waals surface area contributed by atoms with Crippen molar-refractivity contribution in [1.82, 2.24) is 4.98 Å². The number of benzene rings is 1. The third-order valence-electron chi connectivity index (χ3n) is 3.47. The van der Waals surface area contributed by atoms with Crippen LogP contribution >= 0.6 is 0 Å². The number of rotatable bonds is 4. The number of hydrogen-bond donors (Lipinski definition) is 2. The lowest BCUT2D eigenvalue weighted by atomic mass is 10.0. The first kappa shape index (κ1) is 19.2. The van der Waals surface area contributed by atoms with E-state index in [1.807, 2.05) is 6.92 Å². The van der Waals surface area contributed by atoms with Gasteiger partial charge in [-0.05, 0) is 24.6 Å². The van der Waals surface area contributed by atoms with Gasteiger partial charge in [0.05, 0.1) is 23.5 Å². The quantitative estimate of drug-likeness (QED) is 0.861. The van der Waals surface area contributed by atoms with Crippen LogP contribution in [-0.4, -0.2) is 21.2 Å². The van der Waals surface area contributed by atoms with E-state index in [-0.39, 0.29) is 11.3 Å². The lowest BCUT2D eigenvalue weighted by Gasteiger charge is -2.05. The van der Waals surface area contributed by atoms with E-state index in [0.29, 0.717) is 16.8 Å². The van der Waals surface area contributed by atoms with E-state index in [0.717, 1.165) is 11.8 Å². The lowest BCUT2D eigenvalue weighted by Crippen LogP contribution is -1.98. The first-order chi connectivity index (χ1) is 11.4. The minimum absolute atomic E-state index is 0.218. The van der Waals surface area contributed by atoms with Crippen LogP contribution < -0.4 is 0 Å². The van der Waals surface area contributed by atoms with Crippen molar-refractivity contribution in [2.45, 2.75) is 40.0 Å². The number of aromatic hydroxyl groups is 1. The summed E-state index contributed by atoms with van der Waals surface area (Å²) in [4.78, 5) is 14.9. The Morgan fingerprint density at radius 3 is 2.42 bits per heavy atom. The molecule has 2 rings (SSSR count). The topological polar surface area (TPSA) is 94.2 Å². The summed E-state index contributed by atoms with van der Waals surface area (Å²) >= 11 is 0. The van der Waals surface area contributed by atoms with Crippen LogP contribution in [0.3, 0.4) is 0 Å². The molecule has 0 aliphatic heterocycles. The number of nitrogens with zero attached hydrogens (tertiary/aromatic N) is 2. The zero-order valence-corrected chi connectivity index (χ0v) is 14.2. The van der Waals surface area contributed by atoms with E-state index in [2.05, 4.69) is 24.9 Å². The van der Waals surface area contributed by atoms with E-state index in [9.17, 15) is 9.90 Å². The molecule has 1 aromatic heterocycles. The van der Waals surface area contributed by atoms with Gasteiger partial charge in [0, 0.05) is 5.56 Å². The van der Waals surface area contributed by atoms with Gasteiger partial charge >= 0.3 is 5.97 Å². The molecule has 0 unspecified atom stereocenters. The fourth-order valence-electron chi connectivity index (χ4n) is 2.03. The molecule has 0 aliphatic carbocycles. The Hall–Kier alpha value is -2.87. The molecule has 0 saturated carbocycles. The summed E-state index contributed by atoms with van der Waals surface area (Å²) in [6, 6.07) is 8.50. The van der Waals surface area contributed by atoms with Crippen LogP contribution in [0.5, 0.6) is 5.75 Å². The third kappa shape index (κ3) is 5.10. The van der Waals surface area contributed by atoms with Crippen LogP contribution in [-0.2, 0) is 0 Å². The Morgan fingerprint density at radius 2 is 1.92 bits per heavy atom. The minimum Gasteiger partial charge on any atom is -0.505 e. The maximum absolute atomic E-state index is 10.9. The number of aromatic carboxylic acids is 1. The molecule has 2 N–H and O–H groups in total. The fraction of sp³-hybridized carbons (Fsp3) is 0.316. The van der Waals surface area contributed by atoms with Crippen LogP contribution in [0.4, 0.5) is 0 Å².